The van der Waals surface area contributed by atoms with E-state index in [1.165, 1.54) is 263 Å². The van der Waals surface area contributed by atoms with Crippen LogP contribution in [-0.4, -0.2) is 69.4 Å². The van der Waals surface area contributed by atoms with Crippen molar-refractivity contribution >= 4 is 19.7 Å². The van der Waals surface area contributed by atoms with Crippen LogP contribution in [0.1, 0.15) is 380 Å². The molecule has 0 bridgehead atoms. The second kappa shape index (κ2) is 70.3. The van der Waals surface area contributed by atoms with Crippen molar-refractivity contribution in [2.75, 3.05) is 40.9 Å². The van der Waals surface area contributed by atoms with Gasteiger partial charge in [-0.15, -0.1) is 0 Å². The van der Waals surface area contributed by atoms with Gasteiger partial charge in [-0.05, 0) is 102 Å². The predicted octanol–water partition coefficient (Wildman–Crippen LogP) is 24.8. The Labute approximate surface area is 565 Å². The Morgan fingerprint density at radius 2 is 0.670 bits per heavy atom. The lowest BCUT2D eigenvalue weighted by molar-refractivity contribution is -0.870. The highest BCUT2D eigenvalue weighted by Gasteiger charge is 2.27. The van der Waals surface area contributed by atoms with Crippen LogP contribution >= 0.6 is 7.82 Å². The molecule has 3 atom stereocenters. The Hall–Kier alpha value is -2.55. The third kappa shape index (κ3) is 71.6. The lowest BCUT2D eigenvalue weighted by Crippen LogP contribution is -2.47. The van der Waals surface area contributed by atoms with Crippen LogP contribution in [0, 0.1) is 0 Å². The molecule has 0 saturated heterocycles. The molecule has 9 nitrogen and oxygen atoms in total. The van der Waals surface area contributed by atoms with Gasteiger partial charge in [0.2, 0.25) is 5.91 Å². The standard InChI is InChI=1S/C81H151N2O7P/c1-7-10-13-16-19-22-25-28-30-32-34-36-38-40-41-43-44-46-48-50-52-55-58-61-64-67-70-73-80(84)82-78(77-89-91(86,87)88-76-75-83(4,5)6)79(72-69-66-63-60-57-54-27-24-21-18-15-12-9-3)90-81(85)74-71-68-65-62-59-56-53-51-49-47-45-42-39-37-35-33-31-29-26-23-20-17-14-11-8-2/h19,22,28-31,34,36,40-41,69,72,78-79H,7-18,20-21,23-27,32-33,35,37-39,42-68,70-71,73-77H2,1-6H3,(H-,82,84,86,87)/b22-19-,30-28-,31-29+,36-34-,41-40-,72-69+. The summed E-state index contributed by atoms with van der Waals surface area (Å²) in [6.45, 7) is 6.87. The highest BCUT2D eigenvalue weighted by molar-refractivity contribution is 7.45. The van der Waals surface area contributed by atoms with E-state index < -0.39 is 20.0 Å². The van der Waals surface area contributed by atoms with Crippen LogP contribution < -0.4 is 10.2 Å². The number of unbranched alkanes of at least 4 members (excludes halogenated alkanes) is 46. The Kier molecular flexibility index (Phi) is 68.3. The minimum absolute atomic E-state index is 0.0231. The normalized spacial score (nSPS) is 13.8. The fraction of sp³-hybridized carbons (Fsp3) is 0.827. The van der Waals surface area contributed by atoms with Gasteiger partial charge in [0.1, 0.15) is 19.3 Å². The minimum Gasteiger partial charge on any atom is -0.756 e. The van der Waals surface area contributed by atoms with Crippen LogP contribution in [0.5, 0.6) is 0 Å². The molecule has 0 saturated carbocycles. The summed E-state index contributed by atoms with van der Waals surface area (Å²) in [5.41, 5.74) is 0. The molecule has 0 spiro atoms. The Balaban J connectivity index is 4.99. The Bertz CT molecular complexity index is 1780. The van der Waals surface area contributed by atoms with Crippen LogP contribution in [0.15, 0.2) is 72.9 Å². The van der Waals surface area contributed by atoms with Crippen LogP contribution in [0.4, 0.5) is 0 Å². The maximum atomic E-state index is 13.7. The highest BCUT2D eigenvalue weighted by atomic mass is 31.2. The van der Waals surface area contributed by atoms with Gasteiger partial charge in [-0.25, -0.2) is 0 Å². The molecule has 0 aromatic rings. The molecule has 0 heterocycles. The first-order chi connectivity index (χ1) is 44.4. The van der Waals surface area contributed by atoms with Gasteiger partial charge in [0.05, 0.1) is 33.8 Å². The number of carbonyl (C=O) groups is 2. The topological polar surface area (TPSA) is 114 Å². The van der Waals surface area contributed by atoms with E-state index in [0.717, 1.165) is 83.5 Å². The van der Waals surface area contributed by atoms with E-state index in [1.807, 2.05) is 33.3 Å². The number of phosphoric acid groups is 1. The number of nitrogens with one attached hydrogen (secondary N) is 1. The van der Waals surface area contributed by atoms with Gasteiger partial charge in [-0.2, -0.15) is 0 Å². The van der Waals surface area contributed by atoms with E-state index in [9.17, 15) is 19.0 Å². The van der Waals surface area contributed by atoms with Gasteiger partial charge < -0.3 is 28.5 Å². The molecule has 0 aromatic carbocycles. The largest absolute Gasteiger partial charge is 0.756 e. The molecule has 0 aliphatic heterocycles. The summed E-state index contributed by atoms with van der Waals surface area (Å²) in [6, 6.07) is -0.893. The van der Waals surface area contributed by atoms with Crippen molar-refractivity contribution in [3.8, 4) is 0 Å². The minimum atomic E-state index is -4.71. The number of phosphoric ester groups is 1. The molecule has 1 amide bonds. The number of rotatable bonds is 72. The van der Waals surface area contributed by atoms with Gasteiger partial charge in [0.25, 0.3) is 7.82 Å². The molecule has 0 radical (unpaired) electrons. The van der Waals surface area contributed by atoms with Crippen molar-refractivity contribution in [3.05, 3.63) is 72.9 Å². The van der Waals surface area contributed by atoms with E-state index in [2.05, 4.69) is 86.8 Å². The molecule has 0 aliphatic carbocycles. The van der Waals surface area contributed by atoms with Gasteiger partial charge in [0.15, 0.2) is 0 Å². The average Bonchev–Trinajstić information content (AvgIpc) is 3.45. The number of amides is 1. The summed E-state index contributed by atoms with van der Waals surface area (Å²) in [5, 5.41) is 3.06. The smallest absolute Gasteiger partial charge is 0.306 e. The van der Waals surface area contributed by atoms with Crippen LogP contribution in [0.25, 0.3) is 0 Å². The summed E-state index contributed by atoms with van der Waals surface area (Å²) < 4.78 is 30.6. The second-order valence-electron chi connectivity index (χ2n) is 27.9. The maximum Gasteiger partial charge on any atom is 0.306 e. The number of allylic oxidation sites excluding steroid dienone is 11. The molecular formula is C81H151N2O7P. The molecule has 91 heavy (non-hydrogen) atoms. The van der Waals surface area contributed by atoms with Crippen LogP contribution in [0.3, 0.4) is 0 Å². The van der Waals surface area contributed by atoms with E-state index in [4.69, 9.17) is 13.8 Å². The zero-order valence-electron chi connectivity index (χ0n) is 61.1. The molecule has 0 aromatic heterocycles. The number of likely N-dealkylation sites (N-methyl/N-ethyl adjacent to an activating group) is 1. The van der Waals surface area contributed by atoms with Gasteiger partial charge in [0, 0.05) is 12.8 Å². The van der Waals surface area contributed by atoms with E-state index in [1.54, 1.807) is 0 Å². The van der Waals surface area contributed by atoms with Crippen molar-refractivity contribution < 1.29 is 37.3 Å². The molecule has 0 fully saturated rings. The molecule has 1 N–H and O–H groups in total. The second-order valence-corrected chi connectivity index (χ2v) is 29.3. The maximum absolute atomic E-state index is 13.7. The van der Waals surface area contributed by atoms with Crippen molar-refractivity contribution in [2.24, 2.45) is 0 Å². The fourth-order valence-corrected chi connectivity index (χ4v) is 12.3. The summed E-state index contributed by atoms with van der Waals surface area (Å²) in [5.74, 6) is -0.529. The van der Waals surface area contributed by atoms with E-state index >= 15 is 0 Å². The summed E-state index contributed by atoms with van der Waals surface area (Å²) in [4.78, 5) is 40.3. The van der Waals surface area contributed by atoms with E-state index in [-0.39, 0.29) is 31.5 Å². The Morgan fingerprint density at radius 1 is 0.385 bits per heavy atom. The lowest BCUT2D eigenvalue weighted by Gasteiger charge is -2.30. The Morgan fingerprint density at radius 3 is 1.03 bits per heavy atom. The molecular weight excluding hydrogens is 1140 g/mol. The number of ether oxygens (including phenoxy) is 1. The number of esters is 1. The number of quaternary nitrogens is 1. The van der Waals surface area contributed by atoms with Gasteiger partial charge in [-0.1, -0.05) is 338 Å². The average molecular weight is 1300 g/mol. The van der Waals surface area contributed by atoms with Gasteiger partial charge in [-0.3, -0.25) is 14.2 Å². The van der Waals surface area contributed by atoms with Gasteiger partial charge >= 0.3 is 5.97 Å². The third-order valence-corrected chi connectivity index (χ3v) is 18.6. The number of nitrogens with zero attached hydrogens (tertiary/aromatic N) is 1. The molecule has 0 aliphatic rings. The van der Waals surface area contributed by atoms with Crippen LogP contribution in [0.2, 0.25) is 0 Å². The first-order valence-electron chi connectivity index (χ1n) is 39.2. The SMILES string of the molecule is CCCCC/C=C\C/C=C\C/C=C\C/C=C\CCCCCCCCCCCCCC(=O)NC(COP(=O)([O-])OCC[N+](C)(C)C)C(/C=C/CCCCCCCCCCCCC)OC(=O)CCCCCCCCCCCCCCCCC/C=C/CCCCCCCC. The third-order valence-electron chi connectivity index (χ3n) is 17.6. The molecule has 10 heteroatoms. The van der Waals surface area contributed by atoms with Crippen molar-refractivity contribution in [2.45, 2.75) is 392 Å². The monoisotopic (exact) mass is 1300 g/mol. The van der Waals surface area contributed by atoms with Crippen molar-refractivity contribution in [1.82, 2.24) is 5.32 Å². The molecule has 532 valence electrons. The first kappa shape index (κ1) is 88.5. The van der Waals surface area contributed by atoms with E-state index in [0.29, 0.717) is 17.4 Å². The summed E-state index contributed by atoms with van der Waals surface area (Å²) in [6.07, 6.45) is 93.2. The highest BCUT2D eigenvalue weighted by Crippen LogP contribution is 2.38. The van der Waals surface area contributed by atoms with Crippen molar-refractivity contribution in [3.63, 3.8) is 0 Å². The summed E-state index contributed by atoms with van der Waals surface area (Å²) in [7, 11) is 1.19. The number of hydrogen-bond donors (Lipinski definition) is 1. The fourth-order valence-electron chi connectivity index (χ4n) is 11.6. The predicted molar refractivity (Wildman–Crippen MR) is 395 cm³/mol. The zero-order valence-corrected chi connectivity index (χ0v) is 61.9. The zero-order chi connectivity index (χ0) is 66.3. The number of hydrogen-bond acceptors (Lipinski definition) is 7. The summed E-state index contributed by atoms with van der Waals surface area (Å²) >= 11 is 0. The quantitative estimate of drug-likeness (QED) is 0.0212. The lowest BCUT2D eigenvalue weighted by atomic mass is 10.0. The molecule has 3 unspecified atom stereocenters. The molecule has 0 rings (SSSR count). The number of carbonyl (C=O) groups excluding carboxylic acids is 2. The van der Waals surface area contributed by atoms with Crippen molar-refractivity contribution in [1.29, 1.82) is 0 Å². The first-order valence-corrected chi connectivity index (χ1v) is 40.7. The van der Waals surface area contributed by atoms with Crippen LogP contribution in [-0.2, 0) is 27.9 Å².